The summed E-state index contributed by atoms with van der Waals surface area (Å²) in [6.45, 7) is 2.62. The Labute approximate surface area is 215 Å². The van der Waals surface area contributed by atoms with Gasteiger partial charge >= 0.3 is 0 Å². The van der Waals surface area contributed by atoms with Gasteiger partial charge in [0.05, 0.1) is 24.8 Å². The number of pyridine rings is 2. The predicted molar refractivity (Wildman–Crippen MR) is 135 cm³/mol. The summed E-state index contributed by atoms with van der Waals surface area (Å²) in [5, 5.41) is 13.5. The molecule has 37 heavy (non-hydrogen) atoms. The van der Waals surface area contributed by atoms with Crippen molar-refractivity contribution in [2.75, 3.05) is 13.1 Å². The Kier molecular flexibility index (Phi) is 5.90. The van der Waals surface area contributed by atoms with E-state index in [2.05, 4.69) is 15.3 Å². The second kappa shape index (κ2) is 8.84. The highest BCUT2D eigenvalue weighted by Gasteiger charge is 2.41. The van der Waals surface area contributed by atoms with Crippen molar-refractivity contribution >= 4 is 45.5 Å². The molecule has 1 aliphatic heterocycles. The molecule has 5 rings (SSSR count). The van der Waals surface area contributed by atoms with Crippen LogP contribution in [0.1, 0.15) is 28.7 Å². The molecule has 0 bridgehead atoms. The van der Waals surface area contributed by atoms with Crippen LogP contribution in [0.3, 0.4) is 0 Å². The van der Waals surface area contributed by atoms with E-state index in [0.29, 0.717) is 32.8 Å². The number of hydrogen-bond acceptors (Lipinski definition) is 6. The minimum Gasteiger partial charge on any atom is -0.508 e. The molecule has 2 N–H and O–H groups in total. The van der Waals surface area contributed by atoms with Gasteiger partial charge in [0.1, 0.15) is 40.5 Å². The standard InChI is InChI=1S/C25H24ClFN6O4/c1-13-30-18-9-28-22-16(21(18)31(13)3)7-17(23(36)29-8-14-4-5-15(26)6-19(14)34)24(37)33(22)10-20(35)32-11-25(2,27)12-32/h4-7,9,34H,8,10-12H2,1-3H3,(H,29,36). The molecule has 1 aromatic carbocycles. The number of alkyl halides is 1. The van der Waals surface area contributed by atoms with Crippen molar-refractivity contribution in [1.82, 2.24) is 29.3 Å². The Morgan fingerprint density at radius 1 is 1.27 bits per heavy atom. The lowest BCUT2D eigenvalue weighted by Crippen LogP contribution is -2.60. The van der Waals surface area contributed by atoms with E-state index in [-0.39, 0.29) is 36.6 Å². The van der Waals surface area contributed by atoms with E-state index in [0.717, 1.165) is 4.57 Å². The number of phenols is 1. The maximum atomic E-state index is 14.0. The van der Waals surface area contributed by atoms with Gasteiger partial charge in [0.2, 0.25) is 5.91 Å². The van der Waals surface area contributed by atoms with Gasteiger partial charge in [-0.2, -0.15) is 0 Å². The third-order valence-corrected chi connectivity index (χ3v) is 6.82. The van der Waals surface area contributed by atoms with Crippen LogP contribution in [-0.4, -0.2) is 59.7 Å². The van der Waals surface area contributed by atoms with E-state index in [9.17, 15) is 23.9 Å². The van der Waals surface area contributed by atoms with Crippen LogP contribution in [0.4, 0.5) is 4.39 Å². The molecular weight excluding hydrogens is 503 g/mol. The first-order valence-electron chi connectivity index (χ1n) is 11.5. The minimum atomic E-state index is -1.46. The Balaban J connectivity index is 1.58. The van der Waals surface area contributed by atoms with Crippen LogP contribution < -0.4 is 10.9 Å². The highest BCUT2D eigenvalue weighted by atomic mass is 35.5. The fourth-order valence-corrected chi connectivity index (χ4v) is 4.73. The molecule has 3 aromatic heterocycles. The zero-order valence-electron chi connectivity index (χ0n) is 20.4. The van der Waals surface area contributed by atoms with Gasteiger partial charge < -0.3 is 19.9 Å². The van der Waals surface area contributed by atoms with E-state index in [1.165, 1.54) is 30.2 Å². The summed E-state index contributed by atoms with van der Waals surface area (Å²) >= 11 is 5.87. The summed E-state index contributed by atoms with van der Waals surface area (Å²) in [5.41, 5.74) is -0.551. The fourth-order valence-electron chi connectivity index (χ4n) is 4.57. The van der Waals surface area contributed by atoms with Gasteiger partial charge in [0, 0.05) is 29.6 Å². The molecule has 192 valence electrons. The number of phenolic OH excluding ortho intramolecular Hbond substituents is 1. The highest BCUT2D eigenvalue weighted by Crippen LogP contribution is 2.27. The molecule has 12 heteroatoms. The normalized spacial score (nSPS) is 14.7. The number of aromatic hydroxyl groups is 1. The summed E-state index contributed by atoms with van der Waals surface area (Å²) in [7, 11) is 1.80. The topological polar surface area (TPSA) is 122 Å². The quantitative estimate of drug-likeness (QED) is 0.412. The second-order valence-electron chi connectivity index (χ2n) is 9.52. The van der Waals surface area contributed by atoms with Gasteiger partial charge in [-0.05, 0) is 32.0 Å². The summed E-state index contributed by atoms with van der Waals surface area (Å²) in [4.78, 5) is 49.7. The fraction of sp³-hybridized carbons (Fsp3) is 0.320. The number of aromatic nitrogens is 4. The number of rotatable bonds is 5. The van der Waals surface area contributed by atoms with Gasteiger partial charge in [0.15, 0.2) is 0 Å². The van der Waals surface area contributed by atoms with E-state index in [1.54, 1.807) is 19.2 Å². The van der Waals surface area contributed by atoms with E-state index >= 15 is 0 Å². The summed E-state index contributed by atoms with van der Waals surface area (Å²) < 4.78 is 16.9. The summed E-state index contributed by atoms with van der Waals surface area (Å²) in [5.74, 6) is -0.547. The number of fused-ring (bicyclic) bond motifs is 3. The van der Waals surface area contributed by atoms with Crippen LogP contribution >= 0.6 is 11.6 Å². The largest absolute Gasteiger partial charge is 0.508 e. The SMILES string of the molecule is Cc1nc2cnc3c(cc(C(=O)NCc4ccc(Cl)cc4O)c(=O)n3CC(=O)N3CC(C)(F)C3)c2n1C. The van der Waals surface area contributed by atoms with Crippen LogP contribution in [0.5, 0.6) is 5.75 Å². The average molecular weight is 527 g/mol. The van der Waals surface area contributed by atoms with E-state index in [4.69, 9.17) is 11.6 Å². The lowest BCUT2D eigenvalue weighted by molar-refractivity contribution is -0.144. The summed E-state index contributed by atoms with van der Waals surface area (Å²) in [6.07, 6.45) is 1.51. The number of amides is 2. The second-order valence-corrected chi connectivity index (χ2v) is 9.95. The van der Waals surface area contributed by atoms with Crippen LogP contribution in [0.2, 0.25) is 5.02 Å². The zero-order chi connectivity index (χ0) is 26.6. The van der Waals surface area contributed by atoms with Gasteiger partial charge in [-0.25, -0.2) is 14.4 Å². The highest BCUT2D eigenvalue weighted by molar-refractivity contribution is 6.30. The number of imidazole rings is 1. The summed E-state index contributed by atoms with van der Waals surface area (Å²) in [6, 6.07) is 5.92. The van der Waals surface area contributed by atoms with Gasteiger partial charge in [-0.3, -0.25) is 19.0 Å². The van der Waals surface area contributed by atoms with Crippen molar-refractivity contribution in [2.45, 2.75) is 32.6 Å². The molecule has 1 aliphatic rings. The molecule has 0 atom stereocenters. The Morgan fingerprint density at radius 3 is 2.68 bits per heavy atom. The van der Waals surface area contributed by atoms with E-state index < -0.39 is 29.6 Å². The molecule has 2 amide bonds. The minimum absolute atomic E-state index is 0.0611. The molecule has 1 fully saturated rings. The van der Waals surface area contributed by atoms with Crippen molar-refractivity contribution in [1.29, 1.82) is 0 Å². The van der Waals surface area contributed by atoms with Crippen molar-refractivity contribution in [3.63, 3.8) is 0 Å². The first-order chi connectivity index (χ1) is 17.4. The van der Waals surface area contributed by atoms with Crippen LogP contribution in [-0.2, 0) is 24.9 Å². The smallest absolute Gasteiger partial charge is 0.265 e. The molecule has 0 radical (unpaired) electrons. The third kappa shape index (κ3) is 4.39. The number of carbonyl (C=O) groups is 2. The zero-order valence-corrected chi connectivity index (χ0v) is 21.1. The van der Waals surface area contributed by atoms with E-state index in [1.807, 2.05) is 11.5 Å². The van der Waals surface area contributed by atoms with Crippen molar-refractivity contribution < 1.29 is 19.1 Å². The number of benzene rings is 1. The Bertz CT molecular complexity index is 1650. The molecule has 0 spiro atoms. The van der Waals surface area contributed by atoms with Gasteiger partial charge in [-0.15, -0.1) is 0 Å². The van der Waals surface area contributed by atoms with Crippen molar-refractivity contribution in [2.24, 2.45) is 7.05 Å². The maximum Gasteiger partial charge on any atom is 0.265 e. The van der Waals surface area contributed by atoms with Gasteiger partial charge in [0.25, 0.3) is 11.5 Å². The molecular formula is C25H24ClFN6O4. The van der Waals surface area contributed by atoms with Crippen LogP contribution in [0.25, 0.3) is 22.1 Å². The number of hydrogen-bond donors (Lipinski definition) is 2. The van der Waals surface area contributed by atoms with Gasteiger partial charge in [-0.1, -0.05) is 17.7 Å². The Morgan fingerprint density at radius 2 is 2.00 bits per heavy atom. The third-order valence-electron chi connectivity index (χ3n) is 6.59. The predicted octanol–water partition coefficient (Wildman–Crippen LogP) is 2.45. The van der Waals surface area contributed by atoms with Crippen molar-refractivity contribution in [3.05, 3.63) is 62.8 Å². The number of nitrogens with zero attached hydrogens (tertiary/aromatic N) is 5. The van der Waals surface area contributed by atoms with Crippen LogP contribution in [0, 0.1) is 6.92 Å². The molecule has 0 unspecified atom stereocenters. The lowest BCUT2D eigenvalue weighted by atomic mass is 9.99. The molecule has 4 heterocycles. The first kappa shape index (κ1) is 24.7. The average Bonchev–Trinajstić information content (AvgIpc) is 3.11. The molecule has 10 nitrogen and oxygen atoms in total. The Hall–Kier alpha value is -3.99. The number of aryl methyl sites for hydroxylation is 2. The maximum absolute atomic E-state index is 14.0. The monoisotopic (exact) mass is 526 g/mol. The van der Waals surface area contributed by atoms with Crippen LogP contribution in [0.15, 0.2) is 35.3 Å². The molecule has 0 aliphatic carbocycles. The number of likely N-dealkylation sites (tertiary alicyclic amines) is 1. The number of carbonyl (C=O) groups excluding carboxylic acids is 2. The number of halogens is 2. The number of nitrogens with one attached hydrogen (secondary N) is 1. The first-order valence-corrected chi connectivity index (χ1v) is 11.9. The molecule has 0 saturated carbocycles. The molecule has 4 aromatic rings. The lowest BCUT2D eigenvalue weighted by Gasteiger charge is -2.42. The van der Waals surface area contributed by atoms with Crippen molar-refractivity contribution in [3.8, 4) is 5.75 Å². The molecule has 1 saturated heterocycles.